The van der Waals surface area contributed by atoms with Crippen LogP contribution in [-0.4, -0.2) is 24.6 Å². The lowest BCUT2D eigenvalue weighted by Gasteiger charge is -2.18. The van der Waals surface area contributed by atoms with Crippen molar-refractivity contribution in [1.82, 2.24) is 19.5 Å². The summed E-state index contributed by atoms with van der Waals surface area (Å²) in [4.78, 5) is 12.1. The summed E-state index contributed by atoms with van der Waals surface area (Å²) in [7, 11) is 0. The fourth-order valence-corrected chi connectivity index (χ4v) is 3.58. The summed E-state index contributed by atoms with van der Waals surface area (Å²) in [5, 5.41) is 20.3. The van der Waals surface area contributed by atoms with Gasteiger partial charge in [-0.1, -0.05) is 0 Å². The van der Waals surface area contributed by atoms with E-state index < -0.39 is 6.10 Å². The summed E-state index contributed by atoms with van der Waals surface area (Å²) in [5.41, 5.74) is 2.62. The summed E-state index contributed by atoms with van der Waals surface area (Å²) >= 11 is 0. The zero-order valence-corrected chi connectivity index (χ0v) is 12.3. The van der Waals surface area contributed by atoms with Crippen LogP contribution in [0.25, 0.3) is 22.1 Å². The van der Waals surface area contributed by atoms with Crippen molar-refractivity contribution in [1.29, 1.82) is 5.26 Å². The molecule has 2 unspecified atom stereocenters. The number of nitrogens with one attached hydrogen (secondary N) is 1. The first-order chi connectivity index (χ1) is 10.7. The highest BCUT2D eigenvalue weighted by Crippen LogP contribution is 2.39. The fourth-order valence-electron chi connectivity index (χ4n) is 3.58. The Bertz CT molecular complexity index is 885. The van der Waals surface area contributed by atoms with Gasteiger partial charge in [-0.2, -0.15) is 5.26 Å². The number of aliphatic hydroxyl groups is 1. The normalized spacial score (nSPS) is 23.1. The van der Waals surface area contributed by atoms with Crippen molar-refractivity contribution in [3.63, 3.8) is 0 Å². The molecule has 1 fully saturated rings. The van der Waals surface area contributed by atoms with Gasteiger partial charge in [-0.25, -0.2) is 9.97 Å². The number of hydrogen-bond donors (Lipinski definition) is 2. The SMILES string of the molecule is CC(O)c1nc2cnc3[nH]ccc3c2n1C1CC[C@@H](C#N)C1. The van der Waals surface area contributed by atoms with Gasteiger partial charge in [0.05, 0.1) is 17.8 Å². The molecule has 6 nitrogen and oxygen atoms in total. The highest BCUT2D eigenvalue weighted by atomic mass is 16.3. The Labute approximate surface area is 127 Å². The van der Waals surface area contributed by atoms with Crippen LogP contribution in [0.5, 0.6) is 0 Å². The number of H-pyrrole nitrogens is 1. The van der Waals surface area contributed by atoms with Crippen LogP contribution in [0.2, 0.25) is 0 Å². The Morgan fingerprint density at radius 1 is 1.50 bits per heavy atom. The number of pyridine rings is 1. The highest BCUT2D eigenvalue weighted by Gasteiger charge is 2.30. The van der Waals surface area contributed by atoms with Crippen LogP contribution >= 0.6 is 0 Å². The van der Waals surface area contributed by atoms with Gasteiger partial charge in [-0.3, -0.25) is 0 Å². The molecule has 3 heterocycles. The average molecular weight is 295 g/mol. The van der Waals surface area contributed by atoms with Gasteiger partial charge in [0.15, 0.2) is 0 Å². The third-order valence-electron chi connectivity index (χ3n) is 4.59. The third kappa shape index (κ3) is 1.82. The molecule has 0 amide bonds. The van der Waals surface area contributed by atoms with E-state index in [1.165, 1.54) is 0 Å². The van der Waals surface area contributed by atoms with Crippen molar-refractivity contribution in [2.24, 2.45) is 5.92 Å². The number of nitriles is 1. The lowest BCUT2D eigenvalue weighted by atomic mass is 10.1. The molecule has 3 aromatic heterocycles. The first kappa shape index (κ1) is 13.3. The maximum absolute atomic E-state index is 10.1. The van der Waals surface area contributed by atoms with Crippen molar-refractivity contribution >= 4 is 22.1 Å². The van der Waals surface area contributed by atoms with Gasteiger partial charge in [0.2, 0.25) is 0 Å². The molecule has 22 heavy (non-hydrogen) atoms. The monoisotopic (exact) mass is 295 g/mol. The number of aromatic amines is 1. The van der Waals surface area contributed by atoms with Crippen LogP contribution in [-0.2, 0) is 0 Å². The number of fused-ring (bicyclic) bond motifs is 3. The summed E-state index contributed by atoms with van der Waals surface area (Å²) in [5.74, 6) is 0.752. The summed E-state index contributed by atoms with van der Waals surface area (Å²) in [6.07, 6.45) is 5.62. The standard InChI is InChI=1S/C16H17N5O/c1-9(22)16-20-13-8-19-15-12(4-5-18-15)14(13)21(16)11-3-2-10(6-11)7-17/h4-5,8-11,22H,2-3,6H2,1H3,(H,18,19)/t9?,10-,11?/m1/s1. The average Bonchev–Trinajstić information content (AvgIpc) is 3.22. The second-order valence-corrected chi connectivity index (χ2v) is 6.04. The van der Waals surface area contributed by atoms with Crippen LogP contribution in [0, 0.1) is 17.2 Å². The van der Waals surface area contributed by atoms with Gasteiger partial charge in [0, 0.05) is 23.5 Å². The van der Waals surface area contributed by atoms with E-state index >= 15 is 0 Å². The quantitative estimate of drug-likeness (QED) is 0.760. The van der Waals surface area contributed by atoms with Gasteiger partial charge in [0.25, 0.3) is 0 Å². The summed E-state index contributed by atoms with van der Waals surface area (Å²) in [6.45, 7) is 1.73. The molecule has 6 heteroatoms. The van der Waals surface area contributed by atoms with E-state index in [9.17, 15) is 10.4 Å². The first-order valence-corrected chi connectivity index (χ1v) is 7.60. The van der Waals surface area contributed by atoms with Gasteiger partial charge in [-0.15, -0.1) is 0 Å². The number of nitrogens with zero attached hydrogens (tertiary/aromatic N) is 4. The summed E-state index contributed by atoms with van der Waals surface area (Å²) < 4.78 is 2.13. The molecular weight excluding hydrogens is 278 g/mol. The van der Waals surface area contributed by atoms with E-state index in [1.807, 2.05) is 12.3 Å². The molecule has 1 aliphatic carbocycles. The van der Waals surface area contributed by atoms with E-state index in [0.29, 0.717) is 5.82 Å². The Hall–Kier alpha value is -2.39. The van der Waals surface area contributed by atoms with Crippen LogP contribution < -0.4 is 0 Å². The molecule has 0 aliphatic heterocycles. The maximum atomic E-state index is 10.1. The van der Waals surface area contributed by atoms with Crippen molar-refractivity contribution in [2.75, 3.05) is 0 Å². The topological polar surface area (TPSA) is 90.5 Å². The lowest BCUT2D eigenvalue weighted by Crippen LogP contribution is -2.12. The Morgan fingerprint density at radius 2 is 2.36 bits per heavy atom. The molecule has 3 atom stereocenters. The molecule has 0 aromatic carbocycles. The molecule has 4 rings (SSSR count). The Balaban J connectivity index is 1.99. The number of hydrogen-bond acceptors (Lipinski definition) is 4. The minimum atomic E-state index is -0.650. The zero-order chi connectivity index (χ0) is 15.3. The lowest BCUT2D eigenvalue weighted by molar-refractivity contribution is 0.181. The second-order valence-electron chi connectivity index (χ2n) is 6.04. The number of rotatable bonds is 2. The largest absolute Gasteiger partial charge is 0.385 e. The fraction of sp³-hybridized carbons (Fsp3) is 0.438. The van der Waals surface area contributed by atoms with Crippen molar-refractivity contribution < 1.29 is 5.11 Å². The van der Waals surface area contributed by atoms with Gasteiger partial charge < -0.3 is 14.7 Å². The third-order valence-corrected chi connectivity index (χ3v) is 4.59. The molecule has 0 bridgehead atoms. The van der Waals surface area contributed by atoms with Crippen molar-refractivity contribution in [2.45, 2.75) is 38.3 Å². The van der Waals surface area contributed by atoms with Crippen LogP contribution in [0.3, 0.4) is 0 Å². The van der Waals surface area contributed by atoms with Crippen molar-refractivity contribution in [3.05, 3.63) is 24.3 Å². The molecular formula is C16H17N5O. The number of aliphatic hydroxyl groups excluding tert-OH is 1. The number of aromatic nitrogens is 4. The number of imidazole rings is 1. The molecule has 1 aliphatic rings. The van der Waals surface area contributed by atoms with E-state index in [4.69, 9.17) is 0 Å². The molecule has 3 aromatic rings. The predicted octanol–water partition coefficient (Wildman–Crippen LogP) is 2.83. The minimum absolute atomic E-state index is 0.0906. The van der Waals surface area contributed by atoms with Crippen molar-refractivity contribution in [3.8, 4) is 6.07 Å². The molecule has 1 saturated carbocycles. The Kier molecular flexibility index (Phi) is 2.91. The molecule has 0 radical (unpaired) electrons. The van der Waals surface area contributed by atoms with E-state index in [2.05, 4.69) is 25.6 Å². The van der Waals surface area contributed by atoms with Crippen LogP contribution in [0.1, 0.15) is 44.2 Å². The smallest absolute Gasteiger partial charge is 0.139 e. The second kappa shape index (κ2) is 4.82. The summed E-state index contributed by atoms with van der Waals surface area (Å²) in [6, 6.07) is 4.57. The maximum Gasteiger partial charge on any atom is 0.139 e. The zero-order valence-electron chi connectivity index (χ0n) is 12.3. The molecule has 0 saturated heterocycles. The van der Waals surface area contributed by atoms with Gasteiger partial charge >= 0.3 is 0 Å². The minimum Gasteiger partial charge on any atom is -0.385 e. The van der Waals surface area contributed by atoms with E-state index in [1.54, 1.807) is 13.1 Å². The Morgan fingerprint density at radius 3 is 3.09 bits per heavy atom. The van der Waals surface area contributed by atoms with Crippen LogP contribution in [0.4, 0.5) is 0 Å². The highest BCUT2D eigenvalue weighted by molar-refractivity contribution is 6.01. The van der Waals surface area contributed by atoms with E-state index in [0.717, 1.165) is 41.3 Å². The molecule has 112 valence electrons. The molecule has 2 N–H and O–H groups in total. The molecule has 0 spiro atoms. The van der Waals surface area contributed by atoms with Crippen LogP contribution in [0.15, 0.2) is 18.5 Å². The predicted molar refractivity (Wildman–Crippen MR) is 82.0 cm³/mol. The van der Waals surface area contributed by atoms with Gasteiger partial charge in [-0.05, 0) is 32.3 Å². The van der Waals surface area contributed by atoms with Gasteiger partial charge in [0.1, 0.15) is 23.1 Å². The first-order valence-electron chi connectivity index (χ1n) is 7.60. The van der Waals surface area contributed by atoms with E-state index in [-0.39, 0.29) is 12.0 Å².